The largest absolute Gasteiger partial charge is 0.431 e. The van der Waals surface area contributed by atoms with Gasteiger partial charge >= 0.3 is 24.7 Å². The van der Waals surface area contributed by atoms with Crippen molar-refractivity contribution in [3.05, 3.63) is 0 Å². The number of hydrogen-bond acceptors (Lipinski definition) is 0. The van der Waals surface area contributed by atoms with E-state index in [1.54, 1.807) is 0 Å². The molecule has 0 radical (unpaired) electrons. The molecule has 1 unspecified atom stereocenters. The first-order chi connectivity index (χ1) is 10.1. The Morgan fingerprint density at radius 2 is 0.833 bits per heavy atom. The van der Waals surface area contributed by atoms with Crippen molar-refractivity contribution < 1.29 is 57.1 Å². The molecule has 0 heterocycles. The quantitative estimate of drug-likeness (QED) is 0.490. The molecule has 0 N–H and O–H groups in total. The van der Waals surface area contributed by atoms with Crippen LogP contribution in [0.2, 0.25) is 0 Å². The number of rotatable bonds is 4. The smallest absolute Gasteiger partial charge is 0.224 e. The van der Waals surface area contributed by atoms with E-state index in [2.05, 4.69) is 0 Å². The SMILES string of the molecule is CC(CC(C)(C(F)(F)F)C(F)(F)F)CC(F)(C(F)(F)F)C(F)(F)F. The topological polar surface area (TPSA) is 0 Å². The van der Waals surface area contributed by atoms with Gasteiger partial charge in [0.15, 0.2) is 5.41 Å². The van der Waals surface area contributed by atoms with Crippen LogP contribution in [-0.4, -0.2) is 30.4 Å². The highest BCUT2D eigenvalue weighted by molar-refractivity contribution is 4.98. The van der Waals surface area contributed by atoms with Crippen molar-refractivity contribution in [1.82, 2.24) is 0 Å². The van der Waals surface area contributed by atoms with E-state index >= 15 is 0 Å². The second-order valence-corrected chi connectivity index (χ2v) is 5.64. The Hall–Kier alpha value is -0.910. The van der Waals surface area contributed by atoms with Crippen molar-refractivity contribution in [2.75, 3.05) is 0 Å². The number of hydrogen-bond donors (Lipinski definition) is 0. The molecule has 0 aromatic carbocycles. The second-order valence-electron chi connectivity index (χ2n) is 5.64. The Morgan fingerprint density at radius 1 is 0.542 bits per heavy atom. The summed E-state index contributed by atoms with van der Waals surface area (Å²) in [6.45, 7) is -0.161. The number of alkyl halides is 13. The van der Waals surface area contributed by atoms with Crippen molar-refractivity contribution in [2.24, 2.45) is 11.3 Å². The highest BCUT2D eigenvalue weighted by Gasteiger charge is 2.73. The van der Waals surface area contributed by atoms with Crippen LogP contribution < -0.4 is 0 Å². The normalized spacial score (nSPS) is 17.1. The van der Waals surface area contributed by atoms with Gasteiger partial charge in [-0.1, -0.05) is 6.92 Å². The zero-order chi connectivity index (χ0) is 20.0. The molecule has 0 aliphatic heterocycles. The van der Waals surface area contributed by atoms with Gasteiger partial charge in [-0.15, -0.1) is 0 Å². The van der Waals surface area contributed by atoms with Crippen molar-refractivity contribution in [3.63, 3.8) is 0 Å². The van der Waals surface area contributed by atoms with Gasteiger partial charge in [-0.2, -0.15) is 52.7 Å². The summed E-state index contributed by atoms with van der Waals surface area (Å²) in [5, 5.41) is 0. The van der Waals surface area contributed by atoms with Gasteiger partial charge in [-0.3, -0.25) is 0 Å². The lowest BCUT2D eigenvalue weighted by Crippen LogP contribution is -2.55. The summed E-state index contributed by atoms with van der Waals surface area (Å²) in [4.78, 5) is 0. The van der Waals surface area contributed by atoms with Crippen LogP contribution in [0.5, 0.6) is 0 Å². The predicted octanol–water partition coefficient (Wildman–Crippen LogP) is 6.37. The monoisotopic (exact) mass is 390 g/mol. The fourth-order valence-electron chi connectivity index (χ4n) is 2.03. The van der Waals surface area contributed by atoms with E-state index in [0.717, 1.165) is 0 Å². The molecule has 0 amide bonds. The summed E-state index contributed by atoms with van der Waals surface area (Å²) in [7, 11) is 0. The fraction of sp³-hybridized carbons (Fsp3) is 1.00. The first-order valence-electron chi connectivity index (χ1n) is 6.06. The summed E-state index contributed by atoms with van der Waals surface area (Å²) in [5.41, 5.74) is -10.5. The maximum atomic E-state index is 13.4. The zero-order valence-electron chi connectivity index (χ0n) is 11.9. The molecule has 0 rings (SSSR count). The highest BCUT2D eigenvalue weighted by atomic mass is 19.4. The van der Waals surface area contributed by atoms with Crippen LogP contribution in [-0.2, 0) is 0 Å². The predicted molar refractivity (Wildman–Crippen MR) is 54.6 cm³/mol. The third kappa shape index (κ3) is 4.19. The fourth-order valence-corrected chi connectivity index (χ4v) is 2.03. The third-order valence-electron chi connectivity index (χ3n) is 3.54. The van der Waals surface area contributed by atoms with Crippen molar-refractivity contribution in [1.29, 1.82) is 0 Å². The molecule has 13 heteroatoms. The molecule has 24 heavy (non-hydrogen) atoms. The Bertz CT molecular complexity index is 353. The Kier molecular flexibility index (Phi) is 5.88. The summed E-state index contributed by atoms with van der Waals surface area (Å²) in [6, 6.07) is 0. The van der Waals surface area contributed by atoms with Crippen molar-refractivity contribution >= 4 is 0 Å². The Balaban J connectivity index is 5.69. The summed E-state index contributed by atoms with van der Waals surface area (Å²) < 4.78 is 163. The van der Waals surface area contributed by atoms with E-state index in [1.807, 2.05) is 0 Å². The summed E-state index contributed by atoms with van der Waals surface area (Å²) >= 11 is 0. The maximum absolute atomic E-state index is 13.4. The van der Waals surface area contributed by atoms with Gasteiger partial charge < -0.3 is 0 Å². The molecule has 146 valence electrons. The van der Waals surface area contributed by atoms with Crippen molar-refractivity contribution in [2.45, 2.75) is 57.1 Å². The van der Waals surface area contributed by atoms with Crippen LogP contribution in [0.4, 0.5) is 57.1 Å². The third-order valence-corrected chi connectivity index (χ3v) is 3.54. The molecule has 0 saturated carbocycles. The average Bonchev–Trinajstić information content (AvgIpc) is 2.21. The van der Waals surface area contributed by atoms with Crippen LogP contribution in [0.25, 0.3) is 0 Å². The van der Waals surface area contributed by atoms with E-state index in [-0.39, 0.29) is 6.92 Å². The van der Waals surface area contributed by atoms with Gasteiger partial charge in [0.05, 0.1) is 0 Å². The minimum atomic E-state index is -6.55. The average molecular weight is 390 g/mol. The van der Waals surface area contributed by atoms with Gasteiger partial charge in [0, 0.05) is 6.42 Å². The Morgan fingerprint density at radius 3 is 1.04 bits per heavy atom. The van der Waals surface area contributed by atoms with Gasteiger partial charge in [-0.25, -0.2) is 4.39 Å². The minimum Gasteiger partial charge on any atom is -0.224 e. The van der Waals surface area contributed by atoms with Gasteiger partial charge in [0.2, 0.25) is 0 Å². The molecule has 0 aliphatic carbocycles. The minimum absolute atomic E-state index is 0.252. The van der Waals surface area contributed by atoms with E-state index < -0.39 is 61.5 Å². The van der Waals surface area contributed by atoms with Gasteiger partial charge in [0.1, 0.15) is 0 Å². The van der Waals surface area contributed by atoms with Crippen LogP contribution in [0.3, 0.4) is 0 Å². The molecule has 0 aromatic rings. The highest BCUT2D eigenvalue weighted by Crippen LogP contribution is 2.56. The molecule has 0 aromatic heterocycles. The molecule has 0 fully saturated rings. The van der Waals surface area contributed by atoms with Gasteiger partial charge in [0.25, 0.3) is 5.67 Å². The van der Waals surface area contributed by atoms with Crippen LogP contribution in [0.15, 0.2) is 0 Å². The lowest BCUT2D eigenvalue weighted by Gasteiger charge is -2.38. The number of halogens is 13. The Labute approximate surface area is 127 Å². The van der Waals surface area contributed by atoms with E-state index in [9.17, 15) is 57.1 Å². The second kappa shape index (κ2) is 6.11. The standard InChI is InChI=1S/C11H11F13/c1-5(3-6(2,8(13,14)15)9(16,17)18)4-7(12,10(19,20)21)11(22,23)24/h5H,3-4H2,1-2H3. The molecular formula is C11H11F13. The molecule has 0 bridgehead atoms. The lowest BCUT2D eigenvalue weighted by molar-refractivity contribution is -0.353. The summed E-state index contributed by atoms with van der Waals surface area (Å²) in [6.07, 6.45) is -29.9. The van der Waals surface area contributed by atoms with Crippen LogP contribution in [0, 0.1) is 11.3 Å². The zero-order valence-corrected chi connectivity index (χ0v) is 11.9. The van der Waals surface area contributed by atoms with Crippen LogP contribution >= 0.6 is 0 Å². The van der Waals surface area contributed by atoms with Gasteiger partial charge in [-0.05, 0) is 19.3 Å². The van der Waals surface area contributed by atoms with E-state index in [4.69, 9.17) is 0 Å². The first-order valence-corrected chi connectivity index (χ1v) is 6.06. The molecule has 0 spiro atoms. The molecule has 0 aliphatic rings. The summed E-state index contributed by atoms with van der Waals surface area (Å²) in [5.74, 6) is -2.54. The molecule has 1 atom stereocenters. The van der Waals surface area contributed by atoms with Crippen LogP contribution in [0.1, 0.15) is 26.7 Å². The van der Waals surface area contributed by atoms with Crippen molar-refractivity contribution in [3.8, 4) is 0 Å². The molecule has 0 nitrogen and oxygen atoms in total. The lowest BCUT2D eigenvalue weighted by atomic mass is 9.76. The van der Waals surface area contributed by atoms with E-state index in [1.165, 1.54) is 0 Å². The first kappa shape index (κ1) is 23.1. The molecular weight excluding hydrogens is 379 g/mol. The maximum Gasteiger partial charge on any atom is 0.431 e. The molecule has 0 saturated heterocycles. The van der Waals surface area contributed by atoms with E-state index in [0.29, 0.717) is 0 Å².